The van der Waals surface area contributed by atoms with Crippen LogP contribution in [0.5, 0.6) is 0 Å². The van der Waals surface area contributed by atoms with Gasteiger partial charge in [-0.1, -0.05) is 18.2 Å². The quantitative estimate of drug-likeness (QED) is 0.780. The highest BCUT2D eigenvalue weighted by atomic mass is 16.2. The summed E-state index contributed by atoms with van der Waals surface area (Å²) in [6.45, 7) is 2.94. The number of aromatic nitrogens is 1. The number of hydrazine groups is 1. The summed E-state index contributed by atoms with van der Waals surface area (Å²) in [5.41, 5.74) is 2.15. The van der Waals surface area contributed by atoms with Gasteiger partial charge < -0.3 is 9.88 Å². The number of nitrogens with two attached hydrogens (primary N) is 1. The summed E-state index contributed by atoms with van der Waals surface area (Å²) in [7, 11) is 0. The van der Waals surface area contributed by atoms with Gasteiger partial charge in [0.15, 0.2) is 0 Å². The normalized spacial score (nSPS) is 17.0. The lowest BCUT2D eigenvalue weighted by molar-refractivity contribution is -0.132. The van der Waals surface area contributed by atoms with Gasteiger partial charge in [0, 0.05) is 43.3 Å². The number of carbonyl (C=O) groups excluding carboxylic acids is 1. The molecule has 2 aromatic rings. The van der Waals surface area contributed by atoms with Crippen LogP contribution < -0.4 is 5.84 Å². The molecule has 19 heavy (non-hydrogen) atoms. The van der Waals surface area contributed by atoms with Gasteiger partial charge in [-0.05, 0) is 11.6 Å². The van der Waals surface area contributed by atoms with Gasteiger partial charge in [0.2, 0.25) is 5.91 Å². The van der Waals surface area contributed by atoms with Gasteiger partial charge in [0.1, 0.15) is 0 Å². The third kappa shape index (κ3) is 2.47. The number of nitrogens with one attached hydrogen (secondary N) is 1. The number of benzene rings is 1. The van der Waals surface area contributed by atoms with E-state index in [0.717, 1.165) is 42.6 Å². The molecule has 2 heterocycles. The Hall–Kier alpha value is -1.85. The zero-order valence-electron chi connectivity index (χ0n) is 10.8. The second-order valence-corrected chi connectivity index (χ2v) is 4.95. The number of fused-ring (bicyclic) bond motifs is 1. The average molecular weight is 258 g/mol. The first-order chi connectivity index (χ1) is 9.24. The van der Waals surface area contributed by atoms with E-state index in [1.54, 1.807) is 5.01 Å². The van der Waals surface area contributed by atoms with E-state index in [1.807, 2.05) is 35.4 Å². The monoisotopic (exact) mass is 258 g/mol. The molecule has 1 saturated heterocycles. The first kappa shape index (κ1) is 12.2. The first-order valence-electron chi connectivity index (χ1n) is 6.56. The number of aromatic amines is 1. The molecule has 1 aromatic heterocycles. The van der Waals surface area contributed by atoms with Crippen LogP contribution in [0.2, 0.25) is 0 Å². The number of H-pyrrole nitrogens is 1. The summed E-state index contributed by atoms with van der Waals surface area (Å²) in [6, 6.07) is 8.06. The van der Waals surface area contributed by atoms with Gasteiger partial charge in [-0.25, -0.2) is 5.01 Å². The summed E-state index contributed by atoms with van der Waals surface area (Å²) >= 11 is 0. The predicted molar refractivity (Wildman–Crippen MR) is 74.3 cm³/mol. The highest BCUT2D eigenvalue weighted by molar-refractivity contribution is 5.88. The SMILES string of the molecule is NN1CCN(C(=O)Cc2c[nH]c3ccccc23)CC1. The molecule has 0 bridgehead atoms. The number of carbonyl (C=O) groups is 1. The average Bonchev–Trinajstić information content (AvgIpc) is 2.83. The summed E-state index contributed by atoms with van der Waals surface area (Å²) in [6.07, 6.45) is 2.39. The molecule has 1 aromatic carbocycles. The van der Waals surface area contributed by atoms with Crippen LogP contribution in [0.4, 0.5) is 0 Å². The van der Waals surface area contributed by atoms with Crippen molar-refractivity contribution in [2.45, 2.75) is 6.42 Å². The second kappa shape index (κ2) is 5.03. The molecule has 5 heteroatoms. The lowest BCUT2D eigenvalue weighted by Crippen LogP contribution is -2.51. The van der Waals surface area contributed by atoms with E-state index in [4.69, 9.17) is 5.84 Å². The Bertz CT molecular complexity index is 584. The van der Waals surface area contributed by atoms with Gasteiger partial charge in [0.05, 0.1) is 6.42 Å². The Morgan fingerprint density at radius 1 is 1.21 bits per heavy atom. The lowest BCUT2D eigenvalue weighted by atomic mass is 10.1. The van der Waals surface area contributed by atoms with Gasteiger partial charge in [-0.15, -0.1) is 0 Å². The van der Waals surface area contributed by atoms with E-state index in [-0.39, 0.29) is 5.91 Å². The number of para-hydroxylation sites is 1. The highest BCUT2D eigenvalue weighted by Crippen LogP contribution is 2.18. The third-order valence-electron chi connectivity index (χ3n) is 3.68. The standard InChI is InChI=1S/C14H18N4O/c15-18-7-5-17(6-8-18)14(19)9-11-10-16-13-4-2-1-3-12(11)13/h1-4,10,16H,5-9,15H2. The number of rotatable bonds is 2. The Kier molecular flexibility index (Phi) is 3.23. The van der Waals surface area contributed by atoms with E-state index in [0.29, 0.717) is 6.42 Å². The fraction of sp³-hybridized carbons (Fsp3) is 0.357. The maximum absolute atomic E-state index is 12.3. The number of amides is 1. The topological polar surface area (TPSA) is 65.4 Å². The van der Waals surface area contributed by atoms with E-state index in [1.165, 1.54) is 0 Å². The van der Waals surface area contributed by atoms with Crippen molar-refractivity contribution in [3.05, 3.63) is 36.0 Å². The molecular formula is C14H18N4O. The summed E-state index contributed by atoms with van der Waals surface area (Å²) in [4.78, 5) is 17.4. The molecule has 0 atom stereocenters. The van der Waals surface area contributed by atoms with Crippen LogP contribution in [-0.2, 0) is 11.2 Å². The Labute approximate surface area is 111 Å². The number of piperazine rings is 1. The zero-order valence-corrected chi connectivity index (χ0v) is 10.8. The largest absolute Gasteiger partial charge is 0.361 e. The van der Waals surface area contributed by atoms with Crippen molar-refractivity contribution in [3.63, 3.8) is 0 Å². The maximum atomic E-state index is 12.3. The van der Waals surface area contributed by atoms with Crippen LogP contribution in [0.3, 0.4) is 0 Å². The summed E-state index contributed by atoms with van der Waals surface area (Å²) in [5.74, 6) is 5.88. The molecule has 1 aliphatic heterocycles. The number of hydrogen-bond acceptors (Lipinski definition) is 3. The molecule has 1 aliphatic rings. The summed E-state index contributed by atoms with van der Waals surface area (Å²) in [5, 5.41) is 2.89. The van der Waals surface area contributed by atoms with E-state index in [9.17, 15) is 4.79 Å². The van der Waals surface area contributed by atoms with Crippen LogP contribution in [0.25, 0.3) is 10.9 Å². The number of hydrogen-bond donors (Lipinski definition) is 2. The fourth-order valence-corrected chi connectivity index (χ4v) is 2.52. The molecule has 0 spiro atoms. The van der Waals surface area contributed by atoms with Crippen LogP contribution >= 0.6 is 0 Å². The molecule has 0 radical (unpaired) electrons. The van der Waals surface area contributed by atoms with Gasteiger partial charge in [-0.3, -0.25) is 10.6 Å². The minimum Gasteiger partial charge on any atom is -0.361 e. The highest BCUT2D eigenvalue weighted by Gasteiger charge is 2.20. The molecule has 1 amide bonds. The second-order valence-electron chi connectivity index (χ2n) is 4.95. The predicted octanol–water partition coefficient (Wildman–Crippen LogP) is 0.728. The minimum atomic E-state index is 0.179. The molecule has 0 unspecified atom stereocenters. The smallest absolute Gasteiger partial charge is 0.227 e. The van der Waals surface area contributed by atoms with Crippen LogP contribution in [-0.4, -0.2) is 47.0 Å². The van der Waals surface area contributed by atoms with E-state index >= 15 is 0 Å². The van der Waals surface area contributed by atoms with Crippen molar-refractivity contribution in [1.82, 2.24) is 14.9 Å². The van der Waals surface area contributed by atoms with Crippen molar-refractivity contribution in [3.8, 4) is 0 Å². The van der Waals surface area contributed by atoms with Gasteiger partial charge in [-0.2, -0.15) is 0 Å². The van der Waals surface area contributed by atoms with Crippen molar-refractivity contribution >= 4 is 16.8 Å². The fourth-order valence-electron chi connectivity index (χ4n) is 2.52. The van der Waals surface area contributed by atoms with Gasteiger partial charge in [0.25, 0.3) is 0 Å². The van der Waals surface area contributed by atoms with E-state index < -0.39 is 0 Å². The Morgan fingerprint density at radius 2 is 1.95 bits per heavy atom. The molecule has 1 fully saturated rings. The van der Waals surface area contributed by atoms with Crippen molar-refractivity contribution in [1.29, 1.82) is 0 Å². The van der Waals surface area contributed by atoms with Crippen LogP contribution in [0.15, 0.2) is 30.5 Å². The first-order valence-corrected chi connectivity index (χ1v) is 6.56. The molecule has 3 N–H and O–H groups in total. The van der Waals surface area contributed by atoms with E-state index in [2.05, 4.69) is 4.98 Å². The Morgan fingerprint density at radius 3 is 2.74 bits per heavy atom. The van der Waals surface area contributed by atoms with Crippen molar-refractivity contribution < 1.29 is 4.79 Å². The molecule has 100 valence electrons. The maximum Gasteiger partial charge on any atom is 0.227 e. The van der Waals surface area contributed by atoms with Crippen molar-refractivity contribution in [2.24, 2.45) is 5.84 Å². The summed E-state index contributed by atoms with van der Waals surface area (Å²) < 4.78 is 0. The molecule has 3 rings (SSSR count). The third-order valence-corrected chi connectivity index (χ3v) is 3.68. The van der Waals surface area contributed by atoms with Crippen LogP contribution in [0.1, 0.15) is 5.56 Å². The van der Waals surface area contributed by atoms with Crippen molar-refractivity contribution in [2.75, 3.05) is 26.2 Å². The number of nitrogens with zero attached hydrogens (tertiary/aromatic N) is 2. The minimum absolute atomic E-state index is 0.179. The molecule has 0 saturated carbocycles. The molecule has 5 nitrogen and oxygen atoms in total. The molecule has 0 aliphatic carbocycles. The Balaban J connectivity index is 1.72. The van der Waals surface area contributed by atoms with Gasteiger partial charge >= 0.3 is 0 Å². The lowest BCUT2D eigenvalue weighted by Gasteiger charge is -2.32. The van der Waals surface area contributed by atoms with Crippen LogP contribution in [0, 0.1) is 0 Å². The molecular weight excluding hydrogens is 240 g/mol. The zero-order chi connectivity index (χ0) is 13.2.